The lowest BCUT2D eigenvalue weighted by atomic mass is 10.0. The summed E-state index contributed by atoms with van der Waals surface area (Å²) in [6.45, 7) is 3.66. The van der Waals surface area contributed by atoms with Crippen molar-refractivity contribution in [2.75, 3.05) is 46.6 Å². The summed E-state index contributed by atoms with van der Waals surface area (Å²) in [5, 5.41) is 16.0. The third-order valence-electron chi connectivity index (χ3n) is 5.77. The zero-order chi connectivity index (χ0) is 24.4. The third-order valence-corrected chi connectivity index (χ3v) is 5.77. The van der Waals surface area contributed by atoms with Crippen LogP contribution < -0.4 is 43.4 Å². The lowest BCUT2D eigenvalue weighted by Gasteiger charge is -2.37. The number of aromatic nitrogens is 3. The zero-order valence-corrected chi connectivity index (χ0v) is 20.4. The van der Waals surface area contributed by atoms with E-state index in [4.69, 9.17) is 27.9 Å². The minimum Gasteiger partial charge on any atom is -0.506 e. The monoisotopic (exact) mass is 507 g/mol. The summed E-state index contributed by atoms with van der Waals surface area (Å²) in [6, 6.07) is 4.42. The SMILES string of the molecule is CC(=O)Nc1ccc(Nc2nc(N3C[C@H](N)C[C@H](N)C3)nc(N3C[C@H](N)C[C@H](N)C3)n2)cc1O.Cl. The predicted octanol–water partition coefficient (Wildman–Crippen LogP) is -0.570. The van der Waals surface area contributed by atoms with Gasteiger partial charge in [0.05, 0.1) is 5.69 Å². The van der Waals surface area contributed by atoms with Crippen LogP contribution in [0.3, 0.4) is 0 Å². The highest BCUT2D eigenvalue weighted by molar-refractivity contribution is 5.90. The van der Waals surface area contributed by atoms with E-state index in [1.54, 1.807) is 12.1 Å². The van der Waals surface area contributed by atoms with E-state index in [0.29, 0.717) is 49.5 Å². The molecule has 1 aromatic heterocycles. The summed E-state index contributed by atoms with van der Waals surface area (Å²) in [5.74, 6) is 0.816. The van der Waals surface area contributed by atoms with Crippen molar-refractivity contribution in [3.63, 3.8) is 0 Å². The maximum Gasteiger partial charge on any atom is 0.233 e. The molecule has 35 heavy (non-hydrogen) atoms. The first-order valence-electron chi connectivity index (χ1n) is 11.3. The second-order valence-electron chi connectivity index (χ2n) is 9.12. The summed E-state index contributed by atoms with van der Waals surface area (Å²) in [7, 11) is 0. The molecule has 1 aromatic carbocycles. The Morgan fingerprint density at radius 1 is 0.914 bits per heavy atom. The van der Waals surface area contributed by atoms with Crippen LogP contribution in [0.2, 0.25) is 0 Å². The van der Waals surface area contributed by atoms with Crippen LogP contribution in [0, 0.1) is 0 Å². The average molecular weight is 508 g/mol. The summed E-state index contributed by atoms with van der Waals surface area (Å²) in [6.07, 6.45) is 1.46. The maximum absolute atomic E-state index is 11.3. The van der Waals surface area contributed by atoms with Crippen LogP contribution in [0.1, 0.15) is 19.8 Å². The van der Waals surface area contributed by atoms with Gasteiger partial charge in [0.2, 0.25) is 23.8 Å². The second-order valence-corrected chi connectivity index (χ2v) is 9.12. The molecule has 14 heteroatoms. The Kier molecular flexibility index (Phi) is 8.51. The first-order valence-corrected chi connectivity index (χ1v) is 11.3. The van der Waals surface area contributed by atoms with E-state index in [0.717, 1.165) is 12.8 Å². The average Bonchev–Trinajstić information content (AvgIpc) is 2.74. The fraction of sp³-hybridized carbons (Fsp3) is 0.524. The number of carbonyl (C=O) groups excluding carboxylic acids is 1. The molecule has 0 unspecified atom stereocenters. The summed E-state index contributed by atoms with van der Waals surface area (Å²) in [5.41, 5.74) is 25.6. The van der Waals surface area contributed by atoms with E-state index in [2.05, 4.69) is 20.6 Å². The van der Waals surface area contributed by atoms with E-state index in [1.165, 1.54) is 13.0 Å². The molecule has 2 aromatic rings. The zero-order valence-electron chi connectivity index (χ0n) is 19.6. The highest BCUT2D eigenvalue weighted by Gasteiger charge is 2.28. The van der Waals surface area contributed by atoms with Gasteiger partial charge in [-0.15, -0.1) is 12.4 Å². The van der Waals surface area contributed by atoms with E-state index >= 15 is 0 Å². The molecule has 11 N–H and O–H groups in total. The summed E-state index contributed by atoms with van der Waals surface area (Å²) >= 11 is 0. The Bertz CT molecular complexity index is 978. The molecule has 0 saturated carbocycles. The number of aromatic hydroxyl groups is 1. The highest BCUT2D eigenvalue weighted by Crippen LogP contribution is 2.29. The van der Waals surface area contributed by atoms with Gasteiger partial charge in [0.15, 0.2) is 0 Å². The van der Waals surface area contributed by atoms with Crippen LogP contribution >= 0.6 is 12.4 Å². The standard InChI is InChI=1S/C21H33N11O2.ClH/c1-11(33)26-17-3-2-16(6-18(17)34)27-19-28-20(31-7-12(22)4-13(23)8-31)30-21(29-19)32-9-14(24)5-15(25)10-32;/h2-3,6,12-15,34H,4-5,7-10,22-25H2,1H3,(H,26,33)(H,27,28,29,30);1H/t12-,13+,14-,15+;. The molecule has 2 aliphatic rings. The van der Waals surface area contributed by atoms with Gasteiger partial charge < -0.3 is 48.5 Å². The number of rotatable bonds is 5. The Balaban J connectivity index is 0.00000342. The Morgan fingerprint density at radius 3 is 1.83 bits per heavy atom. The van der Waals surface area contributed by atoms with Crippen LogP contribution in [0.25, 0.3) is 0 Å². The number of nitrogens with two attached hydrogens (primary N) is 4. The number of benzene rings is 1. The molecule has 4 atom stereocenters. The molecule has 1 amide bonds. The molecule has 2 fully saturated rings. The van der Waals surface area contributed by atoms with E-state index in [9.17, 15) is 9.90 Å². The molecule has 13 nitrogen and oxygen atoms in total. The maximum atomic E-state index is 11.3. The number of phenols is 1. The fourth-order valence-corrected chi connectivity index (χ4v) is 4.41. The van der Waals surface area contributed by atoms with E-state index in [1.807, 2.05) is 9.80 Å². The number of piperidine rings is 2. The number of phenolic OH excluding ortho intramolecular Hbond substituents is 1. The number of nitrogens with zero attached hydrogens (tertiary/aromatic N) is 5. The lowest BCUT2D eigenvalue weighted by Crippen LogP contribution is -2.54. The van der Waals surface area contributed by atoms with Gasteiger partial charge in [-0.25, -0.2) is 0 Å². The van der Waals surface area contributed by atoms with Gasteiger partial charge in [-0.3, -0.25) is 4.79 Å². The Morgan fingerprint density at radius 2 is 1.40 bits per heavy atom. The quantitative estimate of drug-likeness (QED) is 0.253. The molecule has 0 spiro atoms. The molecule has 3 heterocycles. The van der Waals surface area contributed by atoms with Crippen LogP contribution in [0.5, 0.6) is 5.75 Å². The fourth-order valence-electron chi connectivity index (χ4n) is 4.41. The van der Waals surface area contributed by atoms with Crippen molar-refractivity contribution >= 4 is 47.5 Å². The van der Waals surface area contributed by atoms with Gasteiger partial charge in [0, 0.05) is 69.0 Å². The molecular formula is C21H34ClN11O2. The minimum atomic E-state index is -0.279. The summed E-state index contributed by atoms with van der Waals surface area (Å²) in [4.78, 5) is 29.1. The molecule has 0 bridgehead atoms. The number of amides is 1. The topological polar surface area (TPSA) is 211 Å². The van der Waals surface area contributed by atoms with Crippen molar-refractivity contribution in [1.82, 2.24) is 15.0 Å². The number of nitrogens with one attached hydrogen (secondary N) is 2. The largest absolute Gasteiger partial charge is 0.506 e. The lowest BCUT2D eigenvalue weighted by molar-refractivity contribution is -0.114. The van der Waals surface area contributed by atoms with Crippen molar-refractivity contribution in [3.05, 3.63) is 18.2 Å². The first kappa shape index (κ1) is 26.6. The predicted molar refractivity (Wildman–Crippen MR) is 138 cm³/mol. The van der Waals surface area contributed by atoms with Crippen molar-refractivity contribution in [1.29, 1.82) is 0 Å². The Labute approximate surface area is 210 Å². The van der Waals surface area contributed by atoms with Gasteiger partial charge >= 0.3 is 0 Å². The molecule has 0 radical (unpaired) electrons. The van der Waals surface area contributed by atoms with Gasteiger partial charge in [-0.2, -0.15) is 15.0 Å². The third kappa shape index (κ3) is 6.80. The number of carbonyl (C=O) groups is 1. The molecule has 192 valence electrons. The van der Waals surface area contributed by atoms with Crippen molar-refractivity contribution < 1.29 is 9.90 Å². The van der Waals surface area contributed by atoms with Crippen LogP contribution in [0.15, 0.2) is 18.2 Å². The minimum absolute atomic E-state index is 0. The molecular weight excluding hydrogens is 474 g/mol. The second kappa shape index (κ2) is 11.2. The van der Waals surface area contributed by atoms with Crippen molar-refractivity contribution in [2.24, 2.45) is 22.9 Å². The number of hydrogen-bond acceptors (Lipinski definition) is 12. The van der Waals surface area contributed by atoms with Gasteiger partial charge in [0.1, 0.15) is 5.75 Å². The van der Waals surface area contributed by atoms with Crippen molar-refractivity contribution in [2.45, 2.75) is 43.9 Å². The molecule has 4 rings (SSSR count). The van der Waals surface area contributed by atoms with E-state index < -0.39 is 0 Å². The number of halogens is 1. The van der Waals surface area contributed by atoms with E-state index in [-0.39, 0.29) is 54.2 Å². The number of anilines is 5. The van der Waals surface area contributed by atoms with Crippen molar-refractivity contribution in [3.8, 4) is 5.75 Å². The van der Waals surface area contributed by atoms with Crippen LogP contribution in [-0.2, 0) is 4.79 Å². The molecule has 0 aliphatic carbocycles. The Hall–Kier alpha value is -2.97. The number of hydrogen-bond donors (Lipinski definition) is 7. The van der Waals surface area contributed by atoms with Crippen LogP contribution in [-0.4, -0.2) is 76.3 Å². The normalized spacial score (nSPS) is 24.5. The first-order chi connectivity index (χ1) is 16.2. The van der Waals surface area contributed by atoms with Gasteiger partial charge in [-0.05, 0) is 25.0 Å². The van der Waals surface area contributed by atoms with Gasteiger partial charge in [-0.1, -0.05) is 0 Å². The smallest absolute Gasteiger partial charge is 0.233 e. The van der Waals surface area contributed by atoms with Gasteiger partial charge in [0.25, 0.3) is 0 Å². The highest BCUT2D eigenvalue weighted by atomic mass is 35.5. The molecule has 2 saturated heterocycles. The summed E-state index contributed by atoms with van der Waals surface area (Å²) < 4.78 is 0. The van der Waals surface area contributed by atoms with Crippen LogP contribution in [0.4, 0.5) is 29.2 Å². The molecule has 2 aliphatic heterocycles.